The van der Waals surface area contributed by atoms with E-state index in [4.69, 9.17) is 4.84 Å². The zero-order valence-corrected chi connectivity index (χ0v) is 14.7. The van der Waals surface area contributed by atoms with Crippen molar-refractivity contribution in [2.75, 3.05) is 7.11 Å². The second-order valence-electron chi connectivity index (χ2n) is 6.97. The summed E-state index contributed by atoms with van der Waals surface area (Å²) in [4.78, 5) is 5.05. The zero-order chi connectivity index (χ0) is 17.4. The Bertz CT molecular complexity index is 858. The van der Waals surface area contributed by atoms with E-state index >= 15 is 0 Å². The summed E-state index contributed by atoms with van der Waals surface area (Å²) < 4.78 is 0. The third-order valence-corrected chi connectivity index (χ3v) is 5.48. The molecule has 0 amide bonds. The Balaban J connectivity index is 1.81. The Morgan fingerprint density at radius 3 is 2.84 bits per heavy atom. The van der Waals surface area contributed by atoms with Gasteiger partial charge >= 0.3 is 0 Å². The van der Waals surface area contributed by atoms with Crippen LogP contribution in [0, 0.1) is 0 Å². The molecular weight excluding hydrogens is 312 g/mol. The molecule has 0 saturated carbocycles. The lowest BCUT2D eigenvalue weighted by atomic mass is 9.83. The Kier molecular flexibility index (Phi) is 4.10. The molecule has 0 spiro atoms. The largest absolute Gasteiger partial charge is 0.399 e. The Hall–Kier alpha value is -2.17. The molecular formula is C21H24N2O2. The molecule has 25 heavy (non-hydrogen) atoms. The van der Waals surface area contributed by atoms with Crippen molar-refractivity contribution in [3.63, 3.8) is 0 Å². The van der Waals surface area contributed by atoms with Crippen molar-refractivity contribution in [2.24, 2.45) is 5.16 Å². The maximum Gasteiger partial charge on any atom is 0.106 e. The predicted molar refractivity (Wildman–Crippen MR) is 102 cm³/mol. The van der Waals surface area contributed by atoms with Crippen molar-refractivity contribution in [1.29, 1.82) is 0 Å². The van der Waals surface area contributed by atoms with E-state index in [2.05, 4.69) is 59.0 Å². The number of fused-ring (bicyclic) bond motifs is 3. The van der Waals surface area contributed by atoms with Crippen molar-refractivity contribution in [1.82, 2.24) is 5.32 Å². The van der Waals surface area contributed by atoms with Crippen LogP contribution < -0.4 is 5.32 Å². The zero-order valence-electron chi connectivity index (χ0n) is 14.7. The SMILES string of the molecule is CCC(=NOC)C12C=C(c3ccc4ccccc4c3)CC(CC1O)N2. The van der Waals surface area contributed by atoms with Gasteiger partial charge in [-0.1, -0.05) is 54.6 Å². The molecule has 2 bridgehead atoms. The minimum Gasteiger partial charge on any atom is -0.399 e. The van der Waals surface area contributed by atoms with Gasteiger partial charge in [0.25, 0.3) is 0 Å². The number of hydrogen-bond donors (Lipinski definition) is 2. The van der Waals surface area contributed by atoms with E-state index in [1.165, 1.54) is 21.9 Å². The van der Waals surface area contributed by atoms with E-state index < -0.39 is 11.6 Å². The van der Waals surface area contributed by atoms with Gasteiger partial charge in [-0.15, -0.1) is 0 Å². The van der Waals surface area contributed by atoms with Crippen LogP contribution in [0.4, 0.5) is 0 Å². The first-order chi connectivity index (χ1) is 12.2. The van der Waals surface area contributed by atoms with Gasteiger partial charge in [0.1, 0.15) is 12.6 Å². The number of nitrogens with one attached hydrogen (secondary N) is 1. The van der Waals surface area contributed by atoms with E-state index in [9.17, 15) is 5.11 Å². The van der Waals surface area contributed by atoms with Crippen LogP contribution in [0.5, 0.6) is 0 Å². The summed E-state index contributed by atoms with van der Waals surface area (Å²) in [5.74, 6) is 0. The maximum absolute atomic E-state index is 10.8. The van der Waals surface area contributed by atoms with Crippen LogP contribution in [0.3, 0.4) is 0 Å². The smallest absolute Gasteiger partial charge is 0.106 e. The molecule has 1 fully saturated rings. The molecule has 2 aliphatic heterocycles. The summed E-state index contributed by atoms with van der Waals surface area (Å²) in [6.45, 7) is 2.05. The second-order valence-corrected chi connectivity index (χ2v) is 6.97. The van der Waals surface area contributed by atoms with Crippen molar-refractivity contribution in [2.45, 2.75) is 43.9 Å². The molecule has 4 nitrogen and oxygen atoms in total. The molecule has 3 atom stereocenters. The summed E-state index contributed by atoms with van der Waals surface area (Å²) in [6, 6.07) is 15.3. The third-order valence-electron chi connectivity index (χ3n) is 5.48. The topological polar surface area (TPSA) is 53.9 Å². The number of benzene rings is 2. The van der Waals surface area contributed by atoms with Gasteiger partial charge in [0.05, 0.1) is 11.8 Å². The molecule has 0 aromatic heterocycles. The quantitative estimate of drug-likeness (QED) is 0.664. The second kappa shape index (κ2) is 6.28. The van der Waals surface area contributed by atoms with Crippen LogP contribution in [-0.4, -0.2) is 35.6 Å². The molecule has 4 rings (SSSR count). The molecule has 1 saturated heterocycles. The number of hydrogen-bond acceptors (Lipinski definition) is 4. The van der Waals surface area contributed by atoms with Crippen LogP contribution in [-0.2, 0) is 4.84 Å². The third kappa shape index (κ3) is 2.66. The van der Waals surface area contributed by atoms with Crippen LogP contribution >= 0.6 is 0 Å². The number of rotatable bonds is 4. The van der Waals surface area contributed by atoms with Crippen molar-refractivity contribution < 1.29 is 9.94 Å². The Morgan fingerprint density at radius 2 is 2.08 bits per heavy atom. The Labute approximate surface area is 148 Å². The van der Waals surface area contributed by atoms with Crippen molar-refractivity contribution in [3.8, 4) is 0 Å². The number of aliphatic hydroxyl groups is 1. The van der Waals surface area contributed by atoms with Gasteiger partial charge in [0.15, 0.2) is 0 Å². The first-order valence-electron chi connectivity index (χ1n) is 8.93. The first kappa shape index (κ1) is 16.3. The summed E-state index contributed by atoms with van der Waals surface area (Å²) in [7, 11) is 1.56. The lowest BCUT2D eigenvalue weighted by molar-refractivity contribution is 0.148. The molecule has 4 heteroatoms. The fourth-order valence-electron chi connectivity index (χ4n) is 4.31. The van der Waals surface area contributed by atoms with E-state index in [0.29, 0.717) is 0 Å². The van der Waals surface area contributed by atoms with Gasteiger partial charge in [0, 0.05) is 6.04 Å². The molecule has 2 aromatic carbocycles. The lowest BCUT2D eigenvalue weighted by Gasteiger charge is -2.35. The molecule has 0 aliphatic carbocycles. The minimum absolute atomic E-state index is 0.259. The highest BCUT2D eigenvalue weighted by Crippen LogP contribution is 2.40. The average molecular weight is 336 g/mol. The van der Waals surface area contributed by atoms with E-state index in [1.54, 1.807) is 7.11 Å². The molecule has 2 N–H and O–H groups in total. The monoisotopic (exact) mass is 336 g/mol. The van der Waals surface area contributed by atoms with Crippen LogP contribution in [0.25, 0.3) is 16.3 Å². The van der Waals surface area contributed by atoms with Gasteiger partial charge in [-0.3, -0.25) is 5.32 Å². The van der Waals surface area contributed by atoms with E-state index in [-0.39, 0.29) is 6.04 Å². The minimum atomic E-state index is -0.616. The lowest BCUT2D eigenvalue weighted by Crippen LogP contribution is -2.55. The van der Waals surface area contributed by atoms with Gasteiger partial charge in [-0.25, -0.2) is 0 Å². The van der Waals surface area contributed by atoms with Crippen LogP contribution in [0.2, 0.25) is 0 Å². The van der Waals surface area contributed by atoms with E-state index in [1.807, 2.05) is 6.92 Å². The summed E-state index contributed by atoms with van der Waals surface area (Å²) in [6.07, 6.45) is 4.07. The van der Waals surface area contributed by atoms with Gasteiger partial charge in [0.2, 0.25) is 0 Å². The highest BCUT2D eigenvalue weighted by atomic mass is 16.6. The molecule has 2 aliphatic rings. The number of nitrogens with zero attached hydrogens (tertiary/aromatic N) is 1. The van der Waals surface area contributed by atoms with Crippen LogP contribution in [0.1, 0.15) is 31.7 Å². The highest BCUT2D eigenvalue weighted by Gasteiger charge is 2.51. The molecule has 2 heterocycles. The molecule has 3 unspecified atom stereocenters. The van der Waals surface area contributed by atoms with E-state index in [0.717, 1.165) is 25.0 Å². The maximum atomic E-state index is 10.8. The molecule has 2 aromatic rings. The van der Waals surface area contributed by atoms with Gasteiger partial charge in [-0.2, -0.15) is 0 Å². The predicted octanol–water partition coefficient (Wildman–Crippen LogP) is 3.50. The van der Waals surface area contributed by atoms with Crippen LogP contribution in [0.15, 0.2) is 53.7 Å². The average Bonchev–Trinajstić information content (AvgIpc) is 2.87. The van der Waals surface area contributed by atoms with Crippen molar-refractivity contribution >= 4 is 22.1 Å². The Morgan fingerprint density at radius 1 is 1.28 bits per heavy atom. The highest BCUT2D eigenvalue weighted by molar-refractivity contribution is 5.99. The molecule has 0 radical (unpaired) electrons. The fourth-order valence-corrected chi connectivity index (χ4v) is 4.31. The first-order valence-corrected chi connectivity index (χ1v) is 8.93. The standard InChI is InChI=1S/C21H24N2O2/c1-3-19(23-25-2)21-13-17(11-18(22-21)12-20(21)24)16-9-8-14-6-4-5-7-15(14)10-16/h4-10,13,18,20,22,24H,3,11-12H2,1-2H3. The summed E-state index contributed by atoms with van der Waals surface area (Å²) in [5, 5.41) is 21.1. The number of aliphatic hydroxyl groups excluding tert-OH is 1. The summed E-state index contributed by atoms with van der Waals surface area (Å²) >= 11 is 0. The fraction of sp³-hybridized carbons (Fsp3) is 0.381. The molecule has 130 valence electrons. The normalized spacial score (nSPS) is 28.9. The number of oxime groups is 1. The van der Waals surface area contributed by atoms with Gasteiger partial charge in [-0.05, 0) is 47.2 Å². The van der Waals surface area contributed by atoms with Gasteiger partial charge < -0.3 is 9.94 Å². The summed E-state index contributed by atoms with van der Waals surface area (Å²) in [5.41, 5.74) is 2.72. The van der Waals surface area contributed by atoms with Crippen molar-refractivity contribution in [3.05, 3.63) is 54.1 Å².